The number of piperidine rings is 1. The monoisotopic (exact) mass is 251 g/mol. The van der Waals surface area contributed by atoms with E-state index in [1.165, 1.54) is 5.56 Å². The summed E-state index contributed by atoms with van der Waals surface area (Å²) in [5, 5.41) is 3.50. The Labute approximate surface area is 107 Å². The number of nitrogens with two attached hydrogens (primary N) is 1. The van der Waals surface area contributed by atoms with Crippen LogP contribution < -0.4 is 11.1 Å². The number of carbonyl (C=O) groups excluding carboxylic acids is 1. The molecule has 0 radical (unpaired) electrons. The number of aryl methyl sites for hydroxylation is 1. The van der Waals surface area contributed by atoms with Gasteiger partial charge < -0.3 is 15.5 Å². The summed E-state index contributed by atoms with van der Waals surface area (Å²) < 4.78 is 5.39. The zero-order chi connectivity index (χ0) is 13.0. The number of hydrogen-bond acceptors (Lipinski definition) is 4. The molecule has 1 saturated heterocycles. The van der Waals surface area contributed by atoms with Gasteiger partial charge >= 0.3 is 0 Å². The summed E-state index contributed by atoms with van der Waals surface area (Å²) in [4.78, 5) is 12.9. The molecule has 1 aromatic heterocycles. The van der Waals surface area contributed by atoms with Crippen LogP contribution in [0.25, 0.3) is 0 Å². The number of hydrogen-bond donors (Lipinski definition) is 2. The van der Waals surface area contributed by atoms with E-state index in [0.717, 1.165) is 38.2 Å². The van der Waals surface area contributed by atoms with Crippen molar-refractivity contribution in [2.75, 3.05) is 19.6 Å². The van der Waals surface area contributed by atoms with Gasteiger partial charge in [-0.15, -0.1) is 0 Å². The van der Waals surface area contributed by atoms with E-state index in [2.05, 4.69) is 17.1 Å². The lowest BCUT2D eigenvalue weighted by atomic mass is 10.0. The summed E-state index contributed by atoms with van der Waals surface area (Å²) in [7, 11) is 0. The van der Waals surface area contributed by atoms with Crippen molar-refractivity contribution in [2.45, 2.75) is 32.4 Å². The van der Waals surface area contributed by atoms with Crippen molar-refractivity contribution in [3.63, 3.8) is 0 Å². The van der Waals surface area contributed by atoms with Gasteiger partial charge in [0.15, 0.2) is 0 Å². The fourth-order valence-corrected chi connectivity index (χ4v) is 2.34. The topological polar surface area (TPSA) is 71.5 Å². The molecule has 5 heteroatoms. The Balaban J connectivity index is 1.71. The fraction of sp³-hybridized carbons (Fsp3) is 0.615. The first-order valence-corrected chi connectivity index (χ1v) is 6.42. The van der Waals surface area contributed by atoms with Crippen LogP contribution in [0.4, 0.5) is 0 Å². The van der Waals surface area contributed by atoms with Crippen molar-refractivity contribution in [3.05, 3.63) is 23.7 Å². The first-order valence-electron chi connectivity index (χ1n) is 6.42. The van der Waals surface area contributed by atoms with Gasteiger partial charge in [0.25, 0.3) is 0 Å². The van der Waals surface area contributed by atoms with Crippen molar-refractivity contribution in [2.24, 2.45) is 5.73 Å². The molecule has 1 aromatic rings. The third-order valence-electron chi connectivity index (χ3n) is 3.49. The maximum atomic E-state index is 10.8. The molecule has 5 nitrogen and oxygen atoms in total. The number of rotatable bonds is 5. The second-order valence-corrected chi connectivity index (χ2v) is 4.92. The van der Waals surface area contributed by atoms with E-state index in [1.807, 2.05) is 6.07 Å². The first kappa shape index (κ1) is 13.1. The summed E-state index contributed by atoms with van der Waals surface area (Å²) in [6, 6.07) is 2.48. The number of primary amides is 1. The predicted octanol–water partition coefficient (Wildman–Crippen LogP) is 0.627. The first-order chi connectivity index (χ1) is 8.65. The minimum Gasteiger partial charge on any atom is -0.468 e. The molecule has 2 heterocycles. The third-order valence-corrected chi connectivity index (χ3v) is 3.49. The van der Waals surface area contributed by atoms with Gasteiger partial charge in [-0.2, -0.15) is 0 Å². The lowest BCUT2D eigenvalue weighted by Crippen LogP contribution is -2.45. The van der Waals surface area contributed by atoms with Crippen LogP contribution in [0.15, 0.2) is 16.7 Å². The normalized spacial score (nSPS) is 18.1. The Morgan fingerprint density at radius 1 is 1.56 bits per heavy atom. The highest BCUT2D eigenvalue weighted by Crippen LogP contribution is 2.13. The van der Waals surface area contributed by atoms with Crippen LogP contribution in [-0.4, -0.2) is 36.5 Å². The third kappa shape index (κ3) is 3.58. The smallest absolute Gasteiger partial charge is 0.231 e. The molecule has 0 atom stereocenters. The van der Waals surface area contributed by atoms with Crippen molar-refractivity contribution in [1.82, 2.24) is 10.2 Å². The summed E-state index contributed by atoms with van der Waals surface area (Å²) in [5.74, 6) is 0.766. The van der Waals surface area contributed by atoms with Gasteiger partial charge in [0.2, 0.25) is 5.91 Å². The lowest BCUT2D eigenvalue weighted by Gasteiger charge is -2.31. The highest BCUT2D eigenvalue weighted by atomic mass is 16.3. The molecule has 100 valence electrons. The predicted molar refractivity (Wildman–Crippen MR) is 68.9 cm³/mol. The number of amides is 1. The zero-order valence-electron chi connectivity index (χ0n) is 10.8. The van der Waals surface area contributed by atoms with Crippen molar-refractivity contribution < 1.29 is 9.21 Å². The number of likely N-dealkylation sites (tertiary alicyclic amines) is 1. The Bertz CT molecular complexity index is 395. The minimum absolute atomic E-state index is 0.243. The molecular weight excluding hydrogens is 230 g/mol. The number of furan rings is 1. The largest absolute Gasteiger partial charge is 0.468 e. The Morgan fingerprint density at radius 3 is 2.83 bits per heavy atom. The number of carbonyl (C=O) groups is 1. The summed E-state index contributed by atoms with van der Waals surface area (Å²) >= 11 is 0. The van der Waals surface area contributed by atoms with Gasteiger partial charge in [0.05, 0.1) is 19.4 Å². The van der Waals surface area contributed by atoms with Crippen molar-refractivity contribution >= 4 is 5.91 Å². The Morgan fingerprint density at radius 2 is 2.28 bits per heavy atom. The molecule has 0 aromatic carbocycles. The van der Waals surface area contributed by atoms with Gasteiger partial charge in [0.1, 0.15) is 5.76 Å². The molecule has 18 heavy (non-hydrogen) atoms. The van der Waals surface area contributed by atoms with Crippen LogP contribution in [0.3, 0.4) is 0 Å². The van der Waals surface area contributed by atoms with Crippen LogP contribution >= 0.6 is 0 Å². The van der Waals surface area contributed by atoms with E-state index < -0.39 is 0 Å². The molecule has 1 fully saturated rings. The number of nitrogens with zero attached hydrogens (tertiary/aromatic N) is 1. The molecular formula is C13H21N3O2. The molecule has 0 bridgehead atoms. The molecule has 3 N–H and O–H groups in total. The van der Waals surface area contributed by atoms with Crippen LogP contribution in [0, 0.1) is 6.92 Å². The quantitative estimate of drug-likeness (QED) is 0.805. The molecule has 0 saturated carbocycles. The summed E-state index contributed by atoms with van der Waals surface area (Å²) in [6.07, 6.45) is 3.82. The van der Waals surface area contributed by atoms with E-state index in [4.69, 9.17) is 10.2 Å². The minimum atomic E-state index is -0.243. The second-order valence-electron chi connectivity index (χ2n) is 4.92. The summed E-state index contributed by atoms with van der Waals surface area (Å²) in [5.41, 5.74) is 6.38. The van der Waals surface area contributed by atoms with Crippen LogP contribution in [0.5, 0.6) is 0 Å². The average Bonchev–Trinajstić information content (AvgIpc) is 2.73. The highest BCUT2D eigenvalue weighted by molar-refractivity contribution is 5.75. The molecule has 2 rings (SSSR count). The zero-order valence-corrected chi connectivity index (χ0v) is 10.8. The van der Waals surface area contributed by atoms with E-state index in [1.54, 1.807) is 6.26 Å². The van der Waals surface area contributed by atoms with Crippen LogP contribution in [-0.2, 0) is 11.3 Å². The SMILES string of the molecule is Cc1ccoc1CNC1CCN(CC(N)=O)CC1. The van der Waals surface area contributed by atoms with Crippen LogP contribution in [0.2, 0.25) is 0 Å². The van der Waals surface area contributed by atoms with Gasteiger partial charge in [-0.25, -0.2) is 0 Å². The van der Waals surface area contributed by atoms with Crippen molar-refractivity contribution in [3.8, 4) is 0 Å². The average molecular weight is 251 g/mol. The molecule has 1 amide bonds. The van der Waals surface area contributed by atoms with E-state index in [9.17, 15) is 4.79 Å². The molecule has 0 aliphatic carbocycles. The van der Waals surface area contributed by atoms with Crippen LogP contribution in [0.1, 0.15) is 24.2 Å². The fourth-order valence-electron chi connectivity index (χ4n) is 2.34. The molecule has 1 aliphatic heterocycles. The van der Waals surface area contributed by atoms with Gasteiger partial charge in [-0.3, -0.25) is 9.69 Å². The Kier molecular flexibility index (Phi) is 4.38. The second kappa shape index (κ2) is 6.02. The molecule has 1 aliphatic rings. The van der Waals surface area contributed by atoms with E-state index in [-0.39, 0.29) is 5.91 Å². The summed E-state index contributed by atoms with van der Waals surface area (Å²) in [6.45, 7) is 5.06. The van der Waals surface area contributed by atoms with E-state index in [0.29, 0.717) is 12.6 Å². The van der Waals surface area contributed by atoms with Gasteiger partial charge in [0, 0.05) is 19.1 Å². The highest BCUT2D eigenvalue weighted by Gasteiger charge is 2.19. The maximum absolute atomic E-state index is 10.8. The Hall–Kier alpha value is -1.33. The van der Waals surface area contributed by atoms with Gasteiger partial charge in [-0.1, -0.05) is 0 Å². The van der Waals surface area contributed by atoms with Gasteiger partial charge in [-0.05, 0) is 31.4 Å². The molecule has 0 spiro atoms. The van der Waals surface area contributed by atoms with E-state index >= 15 is 0 Å². The van der Waals surface area contributed by atoms with Crippen molar-refractivity contribution in [1.29, 1.82) is 0 Å². The lowest BCUT2D eigenvalue weighted by molar-refractivity contribution is -0.119. The maximum Gasteiger partial charge on any atom is 0.231 e. The standard InChI is InChI=1S/C13H21N3O2/c1-10-4-7-18-12(10)8-15-11-2-5-16(6-3-11)9-13(14)17/h4,7,11,15H,2-3,5-6,8-9H2,1H3,(H2,14,17). The molecule has 0 unspecified atom stereocenters. The number of nitrogens with one attached hydrogen (secondary N) is 1.